The minimum Gasteiger partial charge on any atom is -0.355 e. The highest BCUT2D eigenvalue weighted by Gasteiger charge is 2.30. The third kappa shape index (κ3) is 6.27. The van der Waals surface area contributed by atoms with Gasteiger partial charge in [-0.1, -0.05) is 66.7 Å². The van der Waals surface area contributed by atoms with Gasteiger partial charge in [0, 0.05) is 19.5 Å². The molecule has 0 aliphatic heterocycles. The van der Waals surface area contributed by atoms with E-state index in [-0.39, 0.29) is 30.6 Å². The molecule has 1 atom stereocenters. The average Bonchev–Trinajstić information content (AvgIpc) is 2.79. The number of likely N-dealkylation sites (N-methyl/N-ethyl adjacent to an activating group) is 1. The van der Waals surface area contributed by atoms with Crippen LogP contribution in [0.25, 0.3) is 0 Å². The molecule has 166 valence electrons. The molecular formula is C27H29FN2O2. The van der Waals surface area contributed by atoms with E-state index in [9.17, 15) is 14.0 Å². The minimum absolute atomic E-state index is 0.143. The molecule has 0 saturated carbocycles. The molecule has 0 radical (unpaired) electrons. The Morgan fingerprint density at radius 3 is 2.22 bits per heavy atom. The van der Waals surface area contributed by atoms with Crippen molar-refractivity contribution in [1.82, 2.24) is 10.2 Å². The molecule has 0 fully saturated rings. The van der Waals surface area contributed by atoms with E-state index in [1.807, 2.05) is 68.4 Å². The molecule has 0 aromatic heterocycles. The summed E-state index contributed by atoms with van der Waals surface area (Å²) in [7, 11) is 0. The molecule has 3 rings (SSSR count). The number of carbonyl (C=O) groups excluding carboxylic acids is 2. The number of benzene rings is 3. The highest BCUT2D eigenvalue weighted by Crippen LogP contribution is 2.18. The molecule has 3 aromatic carbocycles. The second-order valence-corrected chi connectivity index (χ2v) is 7.85. The zero-order chi connectivity index (χ0) is 22.9. The molecule has 0 heterocycles. The van der Waals surface area contributed by atoms with Gasteiger partial charge in [0.25, 0.3) is 0 Å². The van der Waals surface area contributed by atoms with Gasteiger partial charge in [-0.3, -0.25) is 9.59 Å². The molecule has 0 aliphatic rings. The lowest BCUT2D eigenvalue weighted by Gasteiger charge is -2.31. The topological polar surface area (TPSA) is 49.4 Å². The maximum Gasteiger partial charge on any atom is 0.243 e. The van der Waals surface area contributed by atoms with Gasteiger partial charge in [-0.25, -0.2) is 4.39 Å². The number of rotatable bonds is 9. The van der Waals surface area contributed by atoms with Crippen molar-refractivity contribution in [3.63, 3.8) is 0 Å². The summed E-state index contributed by atoms with van der Waals surface area (Å²) in [6.07, 6.45) is 0.589. The average molecular weight is 433 g/mol. The lowest BCUT2D eigenvalue weighted by atomic mass is 10.0. The van der Waals surface area contributed by atoms with Crippen LogP contribution in [0.4, 0.5) is 4.39 Å². The van der Waals surface area contributed by atoms with Gasteiger partial charge >= 0.3 is 0 Å². The van der Waals surface area contributed by atoms with Gasteiger partial charge in [-0.2, -0.15) is 0 Å². The Kier molecular flexibility index (Phi) is 8.14. The largest absolute Gasteiger partial charge is 0.355 e. The molecule has 0 aliphatic carbocycles. The number of hydrogen-bond donors (Lipinski definition) is 1. The van der Waals surface area contributed by atoms with Gasteiger partial charge in [0.05, 0.1) is 6.42 Å². The molecule has 1 N–H and O–H groups in total. The summed E-state index contributed by atoms with van der Waals surface area (Å²) < 4.78 is 13.4. The van der Waals surface area contributed by atoms with Crippen LogP contribution in [-0.4, -0.2) is 29.3 Å². The number of aryl methyl sites for hydroxylation is 1. The molecule has 32 heavy (non-hydrogen) atoms. The summed E-state index contributed by atoms with van der Waals surface area (Å²) in [5, 5.41) is 2.88. The van der Waals surface area contributed by atoms with Crippen LogP contribution in [0.15, 0.2) is 78.9 Å². The number of halogens is 1. The molecule has 0 spiro atoms. The van der Waals surface area contributed by atoms with Crippen molar-refractivity contribution >= 4 is 11.8 Å². The van der Waals surface area contributed by atoms with E-state index in [0.29, 0.717) is 13.0 Å². The van der Waals surface area contributed by atoms with Gasteiger partial charge in [0.2, 0.25) is 11.8 Å². The maximum atomic E-state index is 13.5. The van der Waals surface area contributed by atoms with Crippen molar-refractivity contribution in [2.24, 2.45) is 0 Å². The standard InChI is InChI=1S/C27H29FN2O2/c1-3-29-27(32)25(17-21-10-5-4-6-11-21)30(19-22-13-15-24(28)16-14-22)26(31)18-23-12-8-7-9-20(23)2/h4-16,25H,3,17-19H2,1-2H3,(H,29,32)/t25-/m1/s1. The third-order valence-electron chi connectivity index (χ3n) is 5.49. The van der Waals surface area contributed by atoms with Crippen molar-refractivity contribution in [3.05, 3.63) is 107 Å². The summed E-state index contributed by atoms with van der Waals surface area (Å²) in [6.45, 7) is 4.52. The van der Waals surface area contributed by atoms with Crippen molar-refractivity contribution in [1.29, 1.82) is 0 Å². The van der Waals surface area contributed by atoms with Crippen molar-refractivity contribution in [3.8, 4) is 0 Å². The zero-order valence-electron chi connectivity index (χ0n) is 18.6. The van der Waals surface area contributed by atoms with E-state index in [1.165, 1.54) is 12.1 Å². The molecule has 0 unspecified atom stereocenters. The second kappa shape index (κ2) is 11.2. The summed E-state index contributed by atoms with van der Waals surface area (Å²) in [5.41, 5.74) is 3.69. The van der Waals surface area contributed by atoms with Crippen molar-refractivity contribution in [2.75, 3.05) is 6.54 Å². The predicted molar refractivity (Wildman–Crippen MR) is 124 cm³/mol. The molecule has 5 heteroatoms. The first kappa shape index (κ1) is 23.2. The molecular weight excluding hydrogens is 403 g/mol. The predicted octanol–water partition coefficient (Wildman–Crippen LogP) is 4.45. The van der Waals surface area contributed by atoms with E-state index in [2.05, 4.69) is 5.32 Å². The van der Waals surface area contributed by atoms with E-state index in [4.69, 9.17) is 0 Å². The van der Waals surface area contributed by atoms with Gasteiger partial charge < -0.3 is 10.2 Å². The number of nitrogens with zero attached hydrogens (tertiary/aromatic N) is 1. The fourth-order valence-corrected chi connectivity index (χ4v) is 3.71. The highest BCUT2D eigenvalue weighted by molar-refractivity contribution is 5.88. The van der Waals surface area contributed by atoms with E-state index in [1.54, 1.807) is 17.0 Å². The molecule has 0 bridgehead atoms. The van der Waals surface area contributed by atoms with Crippen LogP contribution in [0.2, 0.25) is 0 Å². The van der Waals surface area contributed by atoms with E-state index in [0.717, 1.165) is 22.3 Å². The molecule has 0 saturated heterocycles. The van der Waals surface area contributed by atoms with Crippen LogP contribution in [0.3, 0.4) is 0 Å². The quantitative estimate of drug-likeness (QED) is 0.543. The van der Waals surface area contributed by atoms with Gasteiger partial charge in [-0.05, 0) is 48.2 Å². The van der Waals surface area contributed by atoms with Crippen LogP contribution in [0, 0.1) is 12.7 Å². The van der Waals surface area contributed by atoms with E-state index >= 15 is 0 Å². The summed E-state index contributed by atoms with van der Waals surface area (Å²) in [6, 6.07) is 22.8. The molecule has 3 aromatic rings. The van der Waals surface area contributed by atoms with E-state index < -0.39 is 6.04 Å². The summed E-state index contributed by atoms with van der Waals surface area (Å²) in [5.74, 6) is -0.677. The molecule has 2 amide bonds. The SMILES string of the molecule is CCNC(=O)[C@@H](Cc1ccccc1)N(Cc1ccc(F)cc1)C(=O)Cc1ccccc1C. The number of amides is 2. The summed E-state index contributed by atoms with van der Waals surface area (Å²) in [4.78, 5) is 28.3. The number of carbonyl (C=O) groups is 2. The maximum absolute atomic E-state index is 13.5. The normalized spacial score (nSPS) is 11.6. The Balaban J connectivity index is 1.95. The monoisotopic (exact) mass is 432 g/mol. The van der Waals surface area contributed by atoms with Crippen LogP contribution < -0.4 is 5.32 Å². The zero-order valence-corrected chi connectivity index (χ0v) is 18.6. The smallest absolute Gasteiger partial charge is 0.243 e. The van der Waals surface area contributed by atoms with Crippen molar-refractivity contribution in [2.45, 2.75) is 39.3 Å². The Morgan fingerprint density at radius 1 is 0.906 bits per heavy atom. The molecule has 4 nitrogen and oxygen atoms in total. The van der Waals surface area contributed by atoms with Gasteiger partial charge in [0.1, 0.15) is 11.9 Å². The van der Waals surface area contributed by atoms with Crippen LogP contribution in [0.1, 0.15) is 29.2 Å². The number of hydrogen-bond acceptors (Lipinski definition) is 2. The van der Waals surface area contributed by atoms with Crippen LogP contribution in [-0.2, 0) is 29.0 Å². The first-order valence-corrected chi connectivity index (χ1v) is 10.9. The Hall–Kier alpha value is -3.47. The Labute approximate surface area is 189 Å². The van der Waals surface area contributed by atoms with Crippen LogP contribution in [0.5, 0.6) is 0 Å². The number of nitrogens with one attached hydrogen (secondary N) is 1. The van der Waals surface area contributed by atoms with Crippen LogP contribution >= 0.6 is 0 Å². The Morgan fingerprint density at radius 2 is 1.56 bits per heavy atom. The van der Waals surface area contributed by atoms with Gasteiger partial charge in [-0.15, -0.1) is 0 Å². The second-order valence-electron chi connectivity index (χ2n) is 7.85. The first-order valence-electron chi connectivity index (χ1n) is 10.9. The van der Waals surface area contributed by atoms with Gasteiger partial charge in [0.15, 0.2) is 0 Å². The Bertz CT molecular complexity index is 1040. The fraction of sp³-hybridized carbons (Fsp3) is 0.259. The lowest BCUT2D eigenvalue weighted by Crippen LogP contribution is -2.51. The fourth-order valence-electron chi connectivity index (χ4n) is 3.71. The highest BCUT2D eigenvalue weighted by atomic mass is 19.1. The minimum atomic E-state index is -0.682. The third-order valence-corrected chi connectivity index (χ3v) is 5.49. The van der Waals surface area contributed by atoms with Crippen molar-refractivity contribution < 1.29 is 14.0 Å². The lowest BCUT2D eigenvalue weighted by molar-refractivity contribution is -0.140. The summed E-state index contributed by atoms with van der Waals surface area (Å²) >= 11 is 0. The first-order chi connectivity index (χ1) is 15.5.